The highest BCUT2D eigenvalue weighted by Crippen LogP contribution is 2.48. The molecule has 2 aromatic rings. The molecule has 0 unspecified atom stereocenters. The van der Waals surface area contributed by atoms with E-state index < -0.39 is 0 Å². The van der Waals surface area contributed by atoms with Gasteiger partial charge in [0.15, 0.2) is 0 Å². The van der Waals surface area contributed by atoms with Gasteiger partial charge in [0, 0.05) is 5.41 Å². The van der Waals surface area contributed by atoms with Crippen LogP contribution in [0, 0.1) is 11.8 Å². The second-order valence-corrected chi connectivity index (χ2v) is 7.08. The van der Waals surface area contributed by atoms with Gasteiger partial charge in [0.05, 0.1) is 0 Å². The van der Waals surface area contributed by atoms with Crippen LogP contribution in [-0.2, 0) is 5.41 Å². The van der Waals surface area contributed by atoms with Crippen molar-refractivity contribution < 1.29 is 5.11 Å². The maximum atomic E-state index is 9.62. The fraction of sp³-hybridized carbons (Fsp3) is 0.429. The highest BCUT2D eigenvalue weighted by molar-refractivity contribution is 5.41. The molecule has 0 spiro atoms. The van der Waals surface area contributed by atoms with Gasteiger partial charge in [-0.3, -0.25) is 0 Å². The van der Waals surface area contributed by atoms with Crippen molar-refractivity contribution in [2.45, 2.75) is 44.9 Å². The Hall–Kier alpha value is -1.76. The number of hydrogen-bond acceptors (Lipinski definition) is 1. The van der Waals surface area contributed by atoms with Gasteiger partial charge in [-0.25, -0.2) is 0 Å². The third-order valence-corrected chi connectivity index (χ3v) is 5.57. The molecule has 0 amide bonds. The summed E-state index contributed by atoms with van der Waals surface area (Å²) in [6.45, 7) is 4.70. The topological polar surface area (TPSA) is 20.2 Å². The minimum absolute atomic E-state index is 0.111. The first-order chi connectivity index (χ1) is 10.6. The first kappa shape index (κ1) is 15.1. The van der Waals surface area contributed by atoms with Crippen molar-refractivity contribution in [2.75, 3.05) is 0 Å². The zero-order valence-corrected chi connectivity index (χ0v) is 13.6. The molecule has 22 heavy (non-hydrogen) atoms. The predicted octanol–water partition coefficient (Wildman–Crippen LogP) is 5.52. The Kier molecular flexibility index (Phi) is 4.24. The van der Waals surface area contributed by atoms with Gasteiger partial charge in [0.2, 0.25) is 0 Å². The van der Waals surface area contributed by atoms with Gasteiger partial charge < -0.3 is 5.11 Å². The van der Waals surface area contributed by atoms with Crippen molar-refractivity contribution >= 4 is 0 Å². The van der Waals surface area contributed by atoms with Gasteiger partial charge in [-0.15, -0.1) is 0 Å². The summed E-state index contributed by atoms with van der Waals surface area (Å²) in [6, 6.07) is 18.8. The van der Waals surface area contributed by atoms with E-state index in [0.717, 1.165) is 11.8 Å². The summed E-state index contributed by atoms with van der Waals surface area (Å²) in [7, 11) is 0. The van der Waals surface area contributed by atoms with Crippen LogP contribution in [0.2, 0.25) is 0 Å². The van der Waals surface area contributed by atoms with Crippen molar-refractivity contribution in [1.82, 2.24) is 0 Å². The molecule has 0 saturated heterocycles. The Bertz CT molecular complexity index is 590. The zero-order chi connectivity index (χ0) is 15.6. The van der Waals surface area contributed by atoms with E-state index in [1.54, 1.807) is 0 Å². The van der Waals surface area contributed by atoms with E-state index >= 15 is 0 Å². The van der Waals surface area contributed by atoms with E-state index in [-0.39, 0.29) is 5.41 Å². The number of aromatic hydroxyl groups is 1. The van der Waals surface area contributed by atoms with E-state index in [4.69, 9.17) is 0 Å². The number of phenolic OH excluding ortho intramolecular Hbond substituents is 1. The summed E-state index contributed by atoms with van der Waals surface area (Å²) in [5, 5.41) is 9.62. The van der Waals surface area contributed by atoms with Crippen LogP contribution in [-0.4, -0.2) is 5.11 Å². The third-order valence-electron chi connectivity index (χ3n) is 5.57. The van der Waals surface area contributed by atoms with Crippen molar-refractivity contribution in [3.8, 4) is 5.75 Å². The molecule has 1 aliphatic carbocycles. The summed E-state index contributed by atoms with van der Waals surface area (Å²) in [4.78, 5) is 0. The van der Waals surface area contributed by atoms with Crippen molar-refractivity contribution in [2.24, 2.45) is 11.8 Å². The molecule has 116 valence electrons. The SMILES string of the molecule is CC(C)[C@H]1CC[C@@](c2ccccc2)(c2ccc(O)cc2)CC1. The normalized spacial score (nSPS) is 25.3. The standard InChI is InChI=1S/C21H26O/c1-16(2)17-12-14-21(15-13-17,18-6-4-3-5-7-18)19-8-10-20(22)11-9-19/h3-11,16-17,22H,12-15H2,1-2H3/t17-,21+. The summed E-state index contributed by atoms with van der Waals surface area (Å²) >= 11 is 0. The quantitative estimate of drug-likeness (QED) is 0.789. The minimum atomic E-state index is 0.111. The van der Waals surface area contributed by atoms with Gasteiger partial charge in [0.25, 0.3) is 0 Å². The van der Waals surface area contributed by atoms with E-state index in [1.807, 2.05) is 12.1 Å². The highest BCUT2D eigenvalue weighted by Gasteiger charge is 2.38. The van der Waals surface area contributed by atoms with Crippen LogP contribution < -0.4 is 0 Å². The van der Waals surface area contributed by atoms with Gasteiger partial charge >= 0.3 is 0 Å². The molecule has 0 atom stereocenters. The van der Waals surface area contributed by atoms with Crippen LogP contribution >= 0.6 is 0 Å². The summed E-state index contributed by atoms with van der Waals surface area (Å²) in [6.07, 6.45) is 4.97. The lowest BCUT2D eigenvalue weighted by Crippen LogP contribution is -2.34. The van der Waals surface area contributed by atoms with E-state index in [0.29, 0.717) is 5.75 Å². The maximum Gasteiger partial charge on any atom is 0.115 e. The Labute approximate surface area is 134 Å². The number of benzene rings is 2. The van der Waals surface area contributed by atoms with Crippen LogP contribution in [0.1, 0.15) is 50.7 Å². The van der Waals surface area contributed by atoms with Crippen LogP contribution in [0.5, 0.6) is 5.75 Å². The molecule has 1 aliphatic rings. The molecule has 1 nitrogen and oxygen atoms in total. The number of hydrogen-bond donors (Lipinski definition) is 1. The van der Waals surface area contributed by atoms with E-state index in [9.17, 15) is 5.11 Å². The second kappa shape index (κ2) is 6.16. The summed E-state index contributed by atoms with van der Waals surface area (Å²) in [5.74, 6) is 1.96. The maximum absolute atomic E-state index is 9.62. The van der Waals surface area contributed by atoms with Gasteiger partial charge in [-0.05, 0) is 60.8 Å². The molecular formula is C21H26O. The molecule has 2 aromatic carbocycles. The average Bonchev–Trinajstić information content (AvgIpc) is 2.56. The molecule has 1 N–H and O–H groups in total. The van der Waals surface area contributed by atoms with Crippen LogP contribution in [0.25, 0.3) is 0 Å². The van der Waals surface area contributed by atoms with Gasteiger partial charge in [0.1, 0.15) is 5.75 Å². The number of rotatable bonds is 3. The highest BCUT2D eigenvalue weighted by atomic mass is 16.3. The third kappa shape index (κ3) is 2.77. The molecule has 0 bridgehead atoms. The van der Waals surface area contributed by atoms with Gasteiger partial charge in [-0.1, -0.05) is 56.3 Å². The lowest BCUT2D eigenvalue weighted by Gasteiger charge is -2.42. The Morgan fingerprint density at radius 1 is 0.864 bits per heavy atom. The monoisotopic (exact) mass is 294 g/mol. The van der Waals surface area contributed by atoms with Crippen molar-refractivity contribution in [3.63, 3.8) is 0 Å². The van der Waals surface area contributed by atoms with Gasteiger partial charge in [-0.2, -0.15) is 0 Å². The molecule has 0 heterocycles. The molecule has 0 aliphatic heterocycles. The van der Waals surface area contributed by atoms with Crippen LogP contribution in [0.3, 0.4) is 0 Å². The average molecular weight is 294 g/mol. The molecule has 3 rings (SSSR count). The lowest BCUT2D eigenvalue weighted by atomic mass is 9.62. The minimum Gasteiger partial charge on any atom is -0.508 e. The van der Waals surface area contributed by atoms with Crippen molar-refractivity contribution in [1.29, 1.82) is 0 Å². The summed E-state index contributed by atoms with van der Waals surface area (Å²) < 4.78 is 0. The summed E-state index contributed by atoms with van der Waals surface area (Å²) in [5.41, 5.74) is 2.88. The zero-order valence-electron chi connectivity index (χ0n) is 13.6. The largest absolute Gasteiger partial charge is 0.508 e. The second-order valence-electron chi connectivity index (χ2n) is 7.08. The smallest absolute Gasteiger partial charge is 0.115 e. The molecule has 1 saturated carbocycles. The Balaban J connectivity index is 1.99. The fourth-order valence-corrected chi connectivity index (χ4v) is 4.08. The molecule has 0 radical (unpaired) electrons. The lowest BCUT2D eigenvalue weighted by molar-refractivity contribution is 0.217. The van der Waals surface area contributed by atoms with Crippen LogP contribution in [0.15, 0.2) is 54.6 Å². The first-order valence-corrected chi connectivity index (χ1v) is 8.47. The molecule has 0 aromatic heterocycles. The van der Waals surface area contributed by atoms with Crippen LogP contribution in [0.4, 0.5) is 0 Å². The molecule has 1 heteroatoms. The van der Waals surface area contributed by atoms with E-state index in [1.165, 1.54) is 36.8 Å². The van der Waals surface area contributed by atoms with E-state index in [2.05, 4.69) is 56.3 Å². The molecular weight excluding hydrogens is 268 g/mol. The van der Waals surface area contributed by atoms with Crippen molar-refractivity contribution in [3.05, 3.63) is 65.7 Å². The predicted molar refractivity (Wildman–Crippen MR) is 92.1 cm³/mol. The fourth-order valence-electron chi connectivity index (χ4n) is 4.08. The Morgan fingerprint density at radius 3 is 1.95 bits per heavy atom. The molecule has 1 fully saturated rings. The first-order valence-electron chi connectivity index (χ1n) is 8.47. The number of phenols is 1. The Morgan fingerprint density at radius 2 is 1.41 bits per heavy atom.